The highest BCUT2D eigenvalue weighted by Gasteiger charge is 2.20. The van der Waals surface area contributed by atoms with Crippen molar-refractivity contribution in [1.82, 2.24) is 4.31 Å². The molecule has 0 aliphatic rings. The van der Waals surface area contributed by atoms with Crippen LogP contribution in [0, 0.1) is 6.92 Å². The molecule has 1 heterocycles. The summed E-state index contributed by atoms with van der Waals surface area (Å²) in [7, 11) is -0.566. The summed E-state index contributed by atoms with van der Waals surface area (Å²) in [4.78, 5) is 13.2. The molecule has 0 bridgehead atoms. The van der Waals surface area contributed by atoms with Gasteiger partial charge in [-0.05, 0) is 36.1 Å². The predicted molar refractivity (Wildman–Crippen MR) is 88.7 cm³/mol. The maximum atomic E-state index is 12.3. The van der Waals surface area contributed by atoms with Crippen LogP contribution in [0.15, 0.2) is 40.6 Å². The highest BCUT2D eigenvalue weighted by Crippen LogP contribution is 2.22. The van der Waals surface area contributed by atoms with E-state index in [1.807, 2.05) is 17.5 Å². The van der Waals surface area contributed by atoms with Gasteiger partial charge < -0.3 is 5.32 Å². The molecule has 0 fully saturated rings. The Balaban J connectivity index is 2.21. The second kappa shape index (κ2) is 6.60. The largest absolute Gasteiger partial charge is 0.326 e. The average molecular weight is 338 g/mol. The molecule has 1 amide bonds. The zero-order valence-corrected chi connectivity index (χ0v) is 14.3. The van der Waals surface area contributed by atoms with Crippen LogP contribution in [0.3, 0.4) is 0 Å². The zero-order chi connectivity index (χ0) is 16.3. The van der Waals surface area contributed by atoms with Crippen LogP contribution >= 0.6 is 11.3 Å². The van der Waals surface area contributed by atoms with Crippen LogP contribution in [-0.4, -0.2) is 32.7 Å². The third kappa shape index (κ3) is 3.73. The number of rotatable bonds is 5. The summed E-state index contributed by atoms with van der Waals surface area (Å²) >= 11 is 1.51. The van der Waals surface area contributed by atoms with Crippen LogP contribution in [0.5, 0.6) is 0 Å². The Morgan fingerprint density at radius 1 is 1.27 bits per heavy atom. The van der Waals surface area contributed by atoms with Crippen molar-refractivity contribution in [1.29, 1.82) is 0 Å². The lowest BCUT2D eigenvalue weighted by atomic mass is 10.2. The van der Waals surface area contributed by atoms with E-state index in [4.69, 9.17) is 0 Å². The molecule has 22 heavy (non-hydrogen) atoms. The third-order valence-corrected chi connectivity index (χ3v) is 5.98. The summed E-state index contributed by atoms with van der Waals surface area (Å²) in [6, 6.07) is 8.67. The van der Waals surface area contributed by atoms with Gasteiger partial charge >= 0.3 is 0 Å². The number of amides is 1. The molecule has 0 atom stereocenters. The van der Waals surface area contributed by atoms with E-state index in [0.29, 0.717) is 11.3 Å². The first-order chi connectivity index (χ1) is 10.3. The van der Waals surface area contributed by atoms with Gasteiger partial charge in [-0.15, -0.1) is 11.3 Å². The number of anilines is 1. The van der Waals surface area contributed by atoms with Crippen molar-refractivity contribution >= 4 is 33.0 Å². The molecule has 0 aliphatic carbocycles. The smallest absolute Gasteiger partial charge is 0.242 e. The van der Waals surface area contributed by atoms with Crippen molar-refractivity contribution in [3.05, 3.63) is 46.2 Å². The average Bonchev–Trinajstić information content (AvgIpc) is 2.93. The highest BCUT2D eigenvalue weighted by molar-refractivity contribution is 7.89. The topological polar surface area (TPSA) is 66.5 Å². The van der Waals surface area contributed by atoms with E-state index in [1.54, 1.807) is 19.1 Å². The molecule has 2 rings (SSSR count). The number of nitrogens with zero attached hydrogens (tertiary/aromatic N) is 1. The van der Waals surface area contributed by atoms with E-state index in [9.17, 15) is 13.2 Å². The minimum Gasteiger partial charge on any atom is -0.326 e. The summed E-state index contributed by atoms with van der Waals surface area (Å²) in [5, 5.41) is 4.66. The van der Waals surface area contributed by atoms with Gasteiger partial charge in [-0.2, -0.15) is 0 Å². The lowest BCUT2D eigenvalue weighted by molar-refractivity contribution is -0.115. The molecule has 7 heteroatoms. The van der Waals surface area contributed by atoms with Gasteiger partial charge in [0.05, 0.1) is 11.3 Å². The van der Waals surface area contributed by atoms with Gasteiger partial charge in [-0.3, -0.25) is 4.79 Å². The SMILES string of the molecule is Cc1ccc(NC(=O)Cc2cccs2)cc1S(=O)(=O)N(C)C. The Labute approximate surface area is 134 Å². The fourth-order valence-corrected chi connectivity index (χ4v) is 3.78. The molecule has 2 aromatic rings. The Bertz CT molecular complexity index is 766. The van der Waals surface area contributed by atoms with Crippen molar-refractivity contribution in [2.45, 2.75) is 18.2 Å². The molecule has 1 N–H and O–H groups in total. The summed E-state index contributed by atoms with van der Waals surface area (Å²) in [6.07, 6.45) is 0.279. The van der Waals surface area contributed by atoms with Gasteiger partial charge in [-0.25, -0.2) is 12.7 Å². The fourth-order valence-electron chi connectivity index (χ4n) is 1.93. The fraction of sp³-hybridized carbons (Fsp3) is 0.267. The summed E-state index contributed by atoms with van der Waals surface area (Å²) in [5.41, 5.74) is 1.12. The normalized spacial score (nSPS) is 11.6. The molecule has 0 unspecified atom stereocenters. The van der Waals surface area contributed by atoms with Crippen LogP contribution in [-0.2, 0) is 21.2 Å². The van der Waals surface area contributed by atoms with Gasteiger partial charge in [-0.1, -0.05) is 12.1 Å². The number of nitrogens with one attached hydrogen (secondary N) is 1. The van der Waals surface area contributed by atoms with Crippen LogP contribution in [0.1, 0.15) is 10.4 Å². The second-order valence-corrected chi connectivity index (χ2v) is 8.22. The Hall–Kier alpha value is -1.70. The Morgan fingerprint density at radius 3 is 2.59 bits per heavy atom. The first kappa shape index (κ1) is 16.7. The molecule has 1 aromatic carbocycles. The van der Waals surface area contributed by atoms with Crippen molar-refractivity contribution in [2.24, 2.45) is 0 Å². The number of hydrogen-bond donors (Lipinski definition) is 1. The maximum absolute atomic E-state index is 12.3. The van der Waals surface area contributed by atoms with Gasteiger partial charge in [0.15, 0.2) is 0 Å². The van der Waals surface area contributed by atoms with E-state index >= 15 is 0 Å². The monoisotopic (exact) mass is 338 g/mol. The standard InChI is InChI=1S/C15H18N2O3S2/c1-11-6-7-12(9-14(11)22(19,20)17(2)3)16-15(18)10-13-5-4-8-21-13/h4-9H,10H2,1-3H3,(H,16,18). The minimum atomic E-state index is -3.53. The van der Waals surface area contributed by atoms with Crippen LogP contribution in [0.25, 0.3) is 0 Å². The second-order valence-electron chi connectivity index (χ2n) is 5.07. The quantitative estimate of drug-likeness (QED) is 0.911. The van der Waals surface area contributed by atoms with E-state index in [-0.39, 0.29) is 17.2 Å². The minimum absolute atomic E-state index is 0.167. The van der Waals surface area contributed by atoms with Crippen molar-refractivity contribution < 1.29 is 13.2 Å². The molecular formula is C15H18N2O3S2. The Kier molecular flexibility index (Phi) is 5.00. The molecule has 0 radical (unpaired) electrons. The first-order valence-corrected chi connectivity index (χ1v) is 8.98. The van der Waals surface area contributed by atoms with E-state index in [2.05, 4.69) is 5.32 Å². The number of benzene rings is 1. The highest BCUT2D eigenvalue weighted by atomic mass is 32.2. The summed E-state index contributed by atoms with van der Waals surface area (Å²) in [5.74, 6) is -0.167. The molecule has 0 spiro atoms. The van der Waals surface area contributed by atoms with Crippen LogP contribution in [0.2, 0.25) is 0 Å². The molecule has 0 aliphatic heterocycles. The Morgan fingerprint density at radius 2 is 2.00 bits per heavy atom. The number of thiophene rings is 1. The van der Waals surface area contributed by atoms with E-state index in [0.717, 1.165) is 9.18 Å². The molecular weight excluding hydrogens is 320 g/mol. The number of aryl methyl sites for hydroxylation is 1. The number of hydrogen-bond acceptors (Lipinski definition) is 4. The van der Waals surface area contributed by atoms with Crippen molar-refractivity contribution in [3.63, 3.8) is 0 Å². The number of carbonyl (C=O) groups excluding carboxylic acids is 1. The van der Waals surface area contributed by atoms with Gasteiger partial charge in [0, 0.05) is 24.7 Å². The summed E-state index contributed by atoms with van der Waals surface area (Å²) in [6.45, 7) is 1.73. The van der Waals surface area contributed by atoms with Crippen molar-refractivity contribution in [3.8, 4) is 0 Å². The van der Waals surface area contributed by atoms with Gasteiger partial charge in [0.1, 0.15) is 0 Å². The molecule has 1 aromatic heterocycles. The molecule has 5 nitrogen and oxygen atoms in total. The molecule has 0 saturated heterocycles. The molecule has 118 valence electrons. The number of sulfonamides is 1. The van der Waals surface area contributed by atoms with Crippen LogP contribution < -0.4 is 5.32 Å². The van der Waals surface area contributed by atoms with E-state index < -0.39 is 10.0 Å². The first-order valence-electron chi connectivity index (χ1n) is 6.66. The lowest BCUT2D eigenvalue weighted by Gasteiger charge is -2.15. The van der Waals surface area contributed by atoms with Crippen LogP contribution in [0.4, 0.5) is 5.69 Å². The lowest BCUT2D eigenvalue weighted by Crippen LogP contribution is -2.23. The maximum Gasteiger partial charge on any atom is 0.242 e. The third-order valence-electron chi connectivity index (χ3n) is 3.15. The van der Waals surface area contributed by atoms with Crippen molar-refractivity contribution in [2.75, 3.05) is 19.4 Å². The van der Waals surface area contributed by atoms with Gasteiger partial charge in [0.25, 0.3) is 0 Å². The zero-order valence-electron chi connectivity index (χ0n) is 12.7. The number of carbonyl (C=O) groups is 1. The van der Waals surface area contributed by atoms with Gasteiger partial charge in [0.2, 0.25) is 15.9 Å². The predicted octanol–water partition coefficient (Wildman–Crippen LogP) is 2.49. The van der Waals surface area contributed by atoms with E-state index in [1.165, 1.54) is 31.5 Å². The molecule has 0 saturated carbocycles. The summed E-state index contributed by atoms with van der Waals surface area (Å²) < 4.78 is 25.7.